The number of anilines is 1. The molecule has 1 aromatic rings. The summed E-state index contributed by atoms with van der Waals surface area (Å²) in [6.45, 7) is 2.15. The van der Waals surface area contributed by atoms with Crippen molar-refractivity contribution in [2.24, 2.45) is 0 Å². The summed E-state index contributed by atoms with van der Waals surface area (Å²) in [5.41, 5.74) is 2.12. The van der Waals surface area contributed by atoms with Crippen LogP contribution in [0.25, 0.3) is 0 Å². The molecule has 13 heavy (non-hydrogen) atoms. The molecule has 2 atom stereocenters. The Hall–Kier alpha value is -1.02. The van der Waals surface area contributed by atoms with Gasteiger partial charge in [-0.05, 0) is 25.8 Å². The van der Waals surface area contributed by atoms with Gasteiger partial charge in [0.25, 0.3) is 0 Å². The van der Waals surface area contributed by atoms with E-state index in [2.05, 4.69) is 12.2 Å². The van der Waals surface area contributed by atoms with Gasteiger partial charge < -0.3 is 10.4 Å². The van der Waals surface area contributed by atoms with Crippen molar-refractivity contribution in [1.82, 2.24) is 0 Å². The summed E-state index contributed by atoms with van der Waals surface area (Å²) in [4.78, 5) is 0. The van der Waals surface area contributed by atoms with Gasteiger partial charge in [0.15, 0.2) is 0 Å². The molecule has 1 aliphatic heterocycles. The van der Waals surface area contributed by atoms with Crippen LogP contribution in [-0.2, 0) is 0 Å². The third-order valence-corrected chi connectivity index (χ3v) is 2.59. The highest BCUT2D eigenvalue weighted by atomic mass is 16.3. The molecule has 2 unspecified atom stereocenters. The molecule has 0 aromatic heterocycles. The standard InChI is InChI=1S/C11H15NO/c1-8-6-7-11(13)9-4-2-3-5-10(9)12-8/h2-5,8,11-13H,6-7H2,1H3. The largest absolute Gasteiger partial charge is 0.388 e. The van der Waals surface area contributed by atoms with Gasteiger partial charge in [0.05, 0.1) is 6.10 Å². The predicted molar refractivity (Wildman–Crippen MR) is 53.7 cm³/mol. The number of nitrogens with one attached hydrogen (secondary N) is 1. The molecule has 2 N–H and O–H groups in total. The van der Waals surface area contributed by atoms with E-state index in [1.165, 1.54) is 0 Å². The smallest absolute Gasteiger partial charge is 0.0810 e. The fourth-order valence-electron chi connectivity index (χ4n) is 1.82. The summed E-state index contributed by atoms with van der Waals surface area (Å²) in [6.07, 6.45) is 1.58. The molecule has 2 heteroatoms. The summed E-state index contributed by atoms with van der Waals surface area (Å²) in [5.74, 6) is 0. The van der Waals surface area contributed by atoms with E-state index in [0.717, 1.165) is 24.1 Å². The van der Waals surface area contributed by atoms with Crippen molar-refractivity contribution < 1.29 is 5.11 Å². The monoisotopic (exact) mass is 177 g/mol. The maximum atomic E-state index is 9.82. The van der Waals surface area contributed by atoms with Gasteiger partial charge in [-0.3, -0.25) is 0 Å². The second-order valence-electron chi connectivity index (χ2n) is 3.73. The Labute approximate surface area is 78.6 Å². The van der Waals surface area contributed by atoms with Crippen LogP contribution in [0.5, 0.6) is 0 Å². The number of para-hydroxylation sites is 1. The van der Waals surface area contributed by atoms with Gasteiger partial charge in [-0.15, -0.1) is 0 Å². The van der Waals surface area contributed by atoms with Crippen molar-refractivity contribution in [2.75, 3.05) is 5.32 Å². The Bertz CT molecular complexity index is 298. The zero-order valence-corrected chi connectivity index (χ0v) is 7.83. The van der Waals surface area contributed by atoms with E-state index in [-0.39, 0.29) is 6.10 Å². The van der Waals surface area contributed by atoms with Crippen LogP contribution in [0.2, 0.25) is 0 Å². The molecule has 2 nitrogen and oxygen atoms in total. The van der Waals surface area contributed by atoms with Crippen molar-refractivity contribution >= 4 is 5.69 Å². The molecule has 0 bridgehead atoms. The minimum Gasteiger partial charge on any atom is -0.388 e. The van der Waals surface area contributed by atoms with E-state index in [1.54, 1.807) is 0 Å². The molecule has 0 aliphatic carbocycles. The van der Waals surface area contributed by atoms with Crippen LogP contribution in [0.1, 0.15) is 31.4 Å². The first-order valence-corrected chi connectivity index (χ1v) is 4.81. The Kier molecular flexibility index (Phi) is 2.23. The molecule has 2 rings (SSSR count). The third-order valence-electron chi connectivity index (χ3n) is 2.59. The number of hydrogen-bond acceptors (Lipinski definition) is 2. The van der Waals surface area contributed by atoms with Crippen molar-refractivity contribution in [3.8, 4) is 0 Å². The summed E-state index contributed by atoms with van der Waals surface area (Å²) >= 11 is 0. The number of rotatable bonds is 0. The highest BCUT2D eigenvalue weighted by Gasteiger charge is 2.18. The average molecular weight is 177 g/mol. The van der Waals surface area contributed by atoms with Gasteiger partial charge >= 0.3 is 0 Å². The van der Waals surface area contributed by atoms with E-state index in [9.17, 15) is 5.11 Å². The topological polar surface area (TPSA) is 32.3 Å². The molecule has 1 aliphatic rings. The lowest BCUT2D eigenvalue weighted by molar-refractivity contribution is 0.166. The summed E-state index contributed by atoms with van der Waals surface area (Å²) in [5, 5.41) is 13.2. The van der Waals surface area contributed by atoms with Crippen LogP contribution in [0.15, 0.2) is 24.3 Å². The number of hydrogen-bond donors (Lipinski definition) is 2. The van der Waals surface area contributed by atoms with Crippen LogP contribution >= 0.6 is 0 Å². The number of aliphatic hydroxyl groups excluding tert-OH is 1. The molecule has 1 heterocycles. The predicted octanol–water partition coefficient (Wildman–Crippen LogP) is 2.31. The van der Waals surface area contributed by atoms with Crippen LogP contribution in [0, 0.1) is 0 Å². The minimum absolute atomic E-state index is 0.298. The summed E-state index contributed by atoms with van der Waals surface area (Å²) in [7, 11) is 0. The van der Waals surface area contributed by atoms with E-state index in [4.69, 9.17) is 0 Å². The first kappa shape index (κ1) is 8.57. The van der Waals surface area contributed by atoms with Crippen molar-refractivity contribution in [3.05, 3.63) is 29.8 Å². The van der Waals surface area contributed by atoms with Gasteiger partial charge in [0.1, 0.15) is 0 Å². The van der Waals surface area contributed by atoms with Crippen LogP contribution in [-0.4, -0.2) is 11.1 Å². The van der Waals surface area contributed by atoms with Gasteiger partial charge in [0.2, 0.25) is 0 Å². The lowest BCUT2D eigenvalue weighted by Crippen LogP contribution is -2.12. The normalized spacial score (nSPS) is 27.2. The molecule has 0 saturated carbocycles. The van der Waals surface area contributed by atoms with E-state index in [1.807, 2.05) is 24.3 Å². The maximum Gasteiger partial charge on any atom is 0.0810 e. The highest BCUT2D eigenvalue weighted by Crippen LogP contribution is 2.30. The fraction of sp³-hybridized carbons (Fsp3) is 0.455. The number of fused-ring (bicyclic) bond motifs is 1. The van der Waals surface area contributed by atoms with Crippen molar-refractivity contribution in [1.29, 1.82) is 0 Å². The quantitative estimate of drug-likeness (QED) is 0.637. The summed E-state index contributed by atoms with van der Waals surface area (Å²) < 4.78 is 0. The fourth-order valence-corrected chi connectivity index (χ4v) is 1.82. The molecule has 0 fully saturated rings. The SMILES string of the molecule is CC1CCC(O)c2ccccc2N1. The molecule has 0 amide bonds. The zero-order valence-electron chi connectivity index (χ0n) is 7.83. The molecular weight excluding hydrogens is 162 g/mol. The lowest BCUT2D eigenvalue weighted by Gasteiger charge is -2.12. The second kappa shape index (κ2) is 3.38. The van der Waals surface area contributed by atoms with Gasteiger partial charge in [0, 0.05) is 17.3 Å². The molecule has 70 valence electrons. The van der Waals surface area contributed by atoms with Gasteiger partial charge in [-0.2, -0.15) is 0 Å². The zero-order chi connectivity index (χ0) is 9.26. The molecule has 0 spiro atoms. The Morgan fingerprint density at radius 1 is 1.31 bits per heavy atom. The summed E-state index contributed by atoms with van der Waals surface area (Å²) in [6, 6.07) is 8.44. The second-order valence-corrected chi connectivity index (χ2v) is 3.73. The lowest BCUT2D eigenvalue weighted by atomic mass is 10.0. The number of benzene rings is 1. The average Bonchev–Trinajstić information content (AvgIpc) is 2.27. The van der Waals surface area contributed by atoms with Crippen molar-refractivity contribution in [2.45, 2.75) is 31.9 Å². The Morgan fingerprint density at radius 2 is 2.08 bits per heavy atom. The maximum absolute atomic E-state index is 9.82. The first-order valence-electron chi connectivity index (χ1n) is 4.81. The van der Waals surface area contributed by atoms with Gasteiger partial charge in [-0.25, -0.2) is 0 Å². The molecule has 0 saturated heterocycles. The van der Waals surface area contributed by atoms with Crippen molar-refractivity contribution in [3.63, 3.8) is 0 Å². The van der Waals surface area contributed by atoms with Gasteiger partial charge in [-0.1, -0.05) is 18.2 Å². The van der Waals surface area contributed by atoms with Crippen LogP contribution in [0.3, 0.4) is 0 Å². The molecule has 1 aromatic carbocycles. The third kappa shape index (κ3) is 1.68. The first-order chi connectivity index (χ1) is 6.27. The van der Waals surface area contributed by atoms with E-state index in [0.29, 0.717) is 6.04 Å². The van der Waals surface area contributed by atoms with E-state index >= 15 is 0 Å². The minimum atomic E-state index is -0.298. The number of aliphatic hydroxyl groups is 1. The molecule has 0 radical (unpaired) electrons. The van der Waals surface area contributed by atoms with E-state index < -0.39 is 0 Å². The van der Waals surface area contributed by atoms with Crippen LogP contribution in [0.4, 0.5) is 5.69 Å². The van der Waals surface area contributed by atoms with Crippen LogP contribution < -0.4 is 5.32 Å². The Balaban J connectivity index is 2.38. The highest BCUT2D eigenvalue weighted by molar-refractivity contribution is 5.53. The molecular formula is C11H15NO. The Morgan fingerprint density at radius 3 is 2.92 bits per heavy atom.